The lowest BCUT2D eigenvalue weighted by Crippen LogP contribution is -2.30. The van der Waals surface area contributed by atoms with Crippen LogP contribution >= 0.6 is 0 Å². The van der Waals surface area contributed by atoms with Crippen LogP contribution in [-0.2, 0) is 16.6 Å². The average molecular weight is 274 g/mol. The normalized spacial score (nSPS) is 12.2. The second-order valence-electron chi connectivity index (χ2n) is 4.29. The maximum Gasteiger partial charge on any atom is 0.257 e. The summed E-state index contributed by atoms with van der Waals surface area (Å²) in [5.41, 5.74) is 0.648. The monoisotopic (exact) mass is 274 g/mol. The first kappa shape index (κ1) is 15.1. The van der Waals surface area contributed by atoms with Crippen LogP contribution in [-0.4, -0.2) is 32.2 Å². The molecule has 1 heterocycles. The molecule has 3 N–H and O–H groups in total. The third-order valence-electron chi connectivity index (χ3n) is 3.03. The zero-order chi connectivity index (χ0) is 13.6. The maximum absolute atomic E-state index is 12.1. The molecular formula is C11H22N4O2S. The lowest BCUT2D eigenvalue weighted by atomic mass is 10.0. The van der Waals surface area contributed by atoms with Crippen molar-refractivity contribution >= 4 is 10.0 Å². The zero-order valence-electron chi connectivity index (χ0n) is 11.2. The molecule has 0 aliphatic carbocycles. The summed E-state index contributed by atoms with van der Waals surface area (Å²) in [7, 11) is -1.73. The Morgan fingerprint density at radius 2 is 2.06 bits per heavy atom. The van der Waals surface area contributed by atoms with E-state index in [0.29, 0.717) is 24.6 Å². The van der Waals surface area contributed by atoms with E-state index in [2.05, 4.69) is 34.1 Å². The molecule has 104 valence electrons. The fourth-order valence-electron chi connectivity index (χ4n) is 1.73. The highest BCUT2D eigenvalue weighted by molar-refractivity contribution is 7.89. The standard InChI is InChI=1S/C11H22N4O2S/c1-4-9(5-2)6-14-18(16,17)11-10(7-12-3)8-13-15-11/h8-9,12,14H,4-7H2,1-3H3,(H,13,15). The van der Waals surface area contributed by atoms with E-state index in [1.165, 1.54) is 6.20 Å². The minimum Gasteiger partial charge on any atom is -0.316 e. The van der Waals surface area contributed by atoms with Gasteiger partial charge in [-0.05, 0) is 13.0 Å². The Morgan fingerprint density at radius 1 is 1.39 bits per heavy atom. The molecule has 0 aliphatic heterocycles. The molecule has 0 atom stereocenters. The molecule has 7 heteroatoms. The van der Waals surface area contributed by atoms with Crippen molar-refractivity contribution in [1.29, 1.82) is 0 Å². The summed E-state index contributed by atoms with van der Waals surface area (Å²) < 4.78 is 26.9. The fraction of sp³-hybridized carbons (Fsp3) is 0.727. The van der Waals surface area contributed by atoms with Gasteiger partial charge in [-0.1, -0.05) is 26.7 Å². The van der Waals surface area contributed by atoms with Crippen molar-refractivity contribution in [2.45, 2.75) is 38.3 Å². The first-order valence-electron chi connectivity index (χ1n) is 6.21. The van der Waals surface area contributed by atoms with Crippen molar-refractivity contribution in [1.82, 2.24) is 20.2 Å². The van der Waals surface area contributed by atoms with Crippen LogP contribution in [0.5, 0.6) is 0 Å². The van der Waals surface area contributed by atoms with Crippen LogP contribution in [0.1, 0.15) is 32.3 Å². The first-order valence-corrected chi connectivity index (χ1v) is 7.69. The summed E-state index contributed by atoms with van der Waals surface area (Å²) in [4.78, 5) is 0. The molecule has 0 bridgehead atoms. The van der Waals surface area contributed by atoms with Gasteiger partial charge < -0.3 is 5.32 Å². The summed E-state index contributed by atoms with van der Waals surface area (Å²) in [6.45, 7) is 5.06. The van der Waals surface area contributed by atoms with Crippen molar-refractivity contribution in [2.24, 2.45) is 5.92 Å². The van der Waals surface area contributed by atoms with Crippen LogP contribution in [0, 0.1) is 5.92 Å². The van der Waals surface area contributed by atoms with Gasteiger partial charge in [-0.3, -0.25) is 5.10 Å². The fourth-order valence-corrected chi connectivity index (χ4v) is 2.97. The quantitative estimate of drug-likeness (QED) is 0.655. The van der Waals surface area contributed by atoms with E-state index < -0.39 is 10.0 Å². The Hall–Kier alpha value is -0.920. The lowest BCUT2D eigenvalue weighted by Gasteiger charge is -2.13. The van der Waals surface area contributed by atoms with E-state index in [4.69, 9.17) is 0 Å². The molecule has 0 saturated carbocycles. The minimum atomic E-state index is -3.49. The predicted octanol–water partition coefficient (Wildman–Crippen LogP) is 0.844. The number of hydrogen-bond donors (Lipinski definition) is 3. The molecule has 0 aliphatic rings. The van der Waals surface area contributed by atoms with Crippen molar-refractivity contribution < 1.29 is 8.42 Å². The van der Waals surface area contributed by atoms with Gasteiger partial charge in [0.25, 0.3) is 10.0 Å². The van der Waals surface area contributed by atoms with E-state index >= 15 is 0 Å². The Kier molecular flexibility index (Phi) is 5.77. The van der Waals surface area contributed by atoms with Gasteiger partial charge in [-0.2, -0.15) is 5.10 Å². The third kappa shape index (κ3) is 3.79. The van der Waals surface area contributed by atoms with Gasteiger partial charge in [0.15, 0.2) is 5.03 Å². The second kappa shape index (κ2) is 6.86. The van der Waals surface area contributed by atoms with Gasteiger partial charge in [-0.25, -0.2) is 13.1 Å². The van der Waals surface area contributed by atoms with Crippen molar-refractivity contribution in [3.63, 3.8) is 0 Å². The molecule has 0 fully saturated rings. The second-order valence-corrected chi connectivity index (χ2v) is 5.99. The molecule has 6 nitrogen and oxygen atoms in total. The molecule has 0 saturated heterocycles. The number of nitrogens with one attached hydrogen (secondary N) is 3. The van der Waals surface area contributed by atoms with Gasteiger partial charge in [-0.15, -0.1) is 0 Å². The van der Waals surface area contributed by atoms with Crippen LogP contribution in [0.15, 0.2) is 11.2 Å². The number of nitrogens with zero attached hydrogens (tertiary/aromatic N) is 1. The lowest BCUT2D eigenvalue weighted by molar-refractivity contribution is 0.478. The summed E-state index contributed by atoms with van der Waals surface area (Å²) in [6, 6.07) is 0. The maximum atomic E-state index is 12.1. The largest absolute Gasteiger partial charge is 0.316 e. The number of aromatic amines is 1. The highest BCUT2D eigenvalue weighted by Crippen LogP contribution is 2.13. The molecule has 0 spiro atoms. The highest BCUT2D eigenvalue weighted by Gasteiger charge is 2.21. The third-order valence-corrected chi connectivity index (χ3v) is 4.47. The number of sulfonamides is 1. The van der Waals surface area contributed by atoms with E-state index in [1.54, 1.807) is 7.05 Å². The average Bonchev–Trinajstić information content (AvgIpc) is 2.80. The first-order chi connectivity index (χ1) is 8.55. The summed E-state index contributed by atoms with van der Waals surface area (Å²) in [6.07, 6.45) is 3.46. The molecule has 0 aromatic carbocycles. The Balaban J connectivity index is 2.76. The molecule has 1 aromatic rings. The Bertz CT molecular complexity index is 451. The van der Waals surface area contributed by atoms with Crippen LogP contribution in [0.4, 0.5) is 0 Å². The predicted molar refractivity (Wildman–Crippen MR) is 70.6 cm³/mol. The smallest absolute Gasteiger partial charge is 0.257 e. The van der Waals surface area contributed by atoms with Crippen molar-refractivity contribution in [3.8, 4) is 0 Å². The van der Waals surface area contributed by atoms with Gasteiger partial charge in [0, 0.05) is 18.7 Å². The van der Waals surface area contributed by atoms with Gasteiger partial charge in [0.05, 0.1) is 6.20 Å². The molecule has 1 aromatic heterocycles. The minimum absolute atomic E-state index is 0.155. The Morgan fingerprint density at radius 3 is 2.61 bits per heavy atom. The Labute approximate surface area is 109 Å². The van der Waals surface area contributed by atoms with E-state index in [0.717, 1.165) is 12.8 Å². The topological polar surface area (TPSA) is 86.9 Å². The van der Waals surface area contributed by atoms with E-state index in [1.807, 2.05) is 0 Å². The van der Waals surface area contributed by atoms with Crippen LogP contribution in [0.25, 0.3) is 0 Å². The van der Waals surface area contributed by atoms with Crippen molar-refractivity contribution in [2.75, 3.05) is 13.6 Å². The van der Waals surface area contributed by atoms with Crippen LogP contribution in [0.2, 0.25) is 0 Å². The van der Waals surface area contributed by atoms with Crippen molar-refractivity contribution in [3.05, 3.63) is 11.8 Å². The van der Waals surface area contributed by atoms with Gasteiger partial charge >= 0.3 is 0 Å². The number of aromatic nitrogens is 2. The molecule has 0 unspecified atom stereocenters. The molecule has 0 amide bonds. The summed E-state index contributed by atoms with van der Waals surface area (Å²) in [5, 5.41) is 9.41. The molecule has 18 heavy (non-hydrogen) atoms. The number of H-pyrrole nitrogens is 1. The number of hydrogen-bond acceptors (Lipinski definition) is 4. The molecule has 1 rings (SSSR count). The zero-order valence-corrected chi connectivity index (χ0v) is 12.0. The van der Waals surface area contributed by atoms with E-state index in [9.17, 15) is 8.42 Å². The van der Waals surface area contributed by atoms with Crippen LogP contribution < -0.4 is 10.0 Å². The highest BCUT2D eigenvalue weighted by atomic mass is 32.2. The van der Waals surface area contributed by atoms with Gasteiger partial charge in [0.1, 0.15) is 0 Å². The summed E-state index contributed by atoms with van der Waals surface area (Å²) >= 11 is 0. The SMILES string of the molecule is CCC(CC)CNS(=O)(=O)c1[nH]ncc1CNC. The van der Waals surface area contributed by atoms with E-state index in [-0.39, 0.29) is 5.03 Å². The number of rotatable bonds is 8. The summed E-state index contributed by atoms with van der Waals surface area (Å²) in [5.74, 6) is 0.371. The molecular weight excluding hydrogens is 252 g/mol. The van der Waals surface area contributed by atoms with Crippen LogP contribution in [0.3, 0.4) is 0 Å². The van der Waals surface area contributed by atoms with Gasteiger partial charge in [0.2, 0.25) is 0 Å². The molecule has 0 radical (unpaired) electrons.